The Labute approximate surface area is 86.6 Å². The molecular weight excluding hydrogens is 176 g/mol. The molecule has 0 aromatic heterocycles. The molecule has 1 unspecified atom stereocenters. The summed E-state index contributed by atoms with van der Waals surface area (Å²) in [7, 11) is 4.29. The van der Waals surface area contributed by atoms with Crippen LogP contribution in [-0.4, -0.2) is 55.4 Å². The van der Waals surface area contributed by atoms with Crippen LogP contribution in [-0.2, 0) is 0 Å². The number of amidine groups is 1. The van der Waals surface area contributed by atoms with Crippen LogP contribution in [0.5, 0.6) is 0 Å². The van der Waals surface area contributed by atoms with E-state index in [4.69, 9.17) is 11.1 Å². The van der Waals surface area contributed by atoms with E-state index in [1.165, 1.54) is 19.5 Å². The van der Waals surface area contributed by atoms with Gasteiger partial charge in [-0.25, -0.2) is 0 Å². The lowest BCUT2D eigenvalue weighted by atomic mass is 10.2. The molecule has 0 saturated carbocycles. The van der Waals surface area contributed by atoms with E-state index in [1.54, 1.807) is 0 Å². The number of nitrogens with one attached hydrogen (secondary N) is 1. The minimum atomic E-state index is 0.313. The molecule has 0 bridgehead atoms. The lowest BCUT2D eigenvalue weighted by molar-refractivity contribution is 0.268. The SMILES string of the molecule is CN(C)C1CCN(CCCC(=N)N)C1. The Morgan fingerprint density at radius 1 is 1.57 bits per heavy atom. The maximum Gasteiger partial charge on any atom is 0.0905 e. The summed E-state index contributed by atoms with van der Waals surface area (Å²) < 4.78 is 0. The highest BCUT2D eigenvalue weighted by Gasteiger charge is 2.22. The second-order valence-electron chi connectivity index (χ2n) is 4.34. The highest BCUT2D eigenvalue weighted by molar-refractivity contribution is 5.76. The van der Waals surface area contributed by atoms with Gasteiger partial charge in [-0.3, -0.25) is 5.41 Å². The molecule has 4 nitrogen and oxygen atoms in total. The monoisotopic (exact) mass is 198 g/mol. The van der Waals surface area contributed by atoms with Crippen molar-refractivity contribution in [3.63, 3.8) is 0 Å². The third kappa shape index (κ3) is 3.64. The van der Waals surface area contributed by atoms with Crippen LogP contribution >= 0.6 is 0 Å². The summed E-state index contributed by atoms with van der Waals surface area (Å²) in [5.41, 5.74) is 5.31. The molecule has 0 aliphatic carbocycles. The molecule has 1 aliphatic rings. The molecule has 1 saturated heterocycles. The maximum absolute atomic E-state index is 7.13. The first-order valence-electron chi connectivity index (χ1n) is 5.31. The molecule has 0 radical (unpaired) electrons. The summed E-state index contributed by atoms with van der Waals surface area (Å²) in [6, 6.07) is 0.715. The zero-order valence-corrected chi connectivity index (χ0v) is 9.29. The van der Waals surface area contributed by atoms with Crippen molar-refractivity contribution in [2.45, 2.75) is 25.3 Å². The highest BCUT2D eigenvalue weighted by Crippen LogP contribution is 2.13. The molecule has 14 heavy (non-hydrogen) atoms. The smallest absolute Gasteiger partial charge is 0.0905 e. The van der Waals surface area contributed by atoms with Gasteiger partial charge >= 0.3 is 0 Å². The number of nitrogens with zero attached hydrogens (tertiary/aromatic N) is 2. The van der Waals surface area contributed by atoms with Crippen LogP contribution in [0.25, 0.3) is 0 Å². The topological polar surface area (TPSA) is 56.4 Å². The summed E-state index contributed by atoms with van der Waals surface area (Å²) in [5, 5.41) is 7.13. The van der Waals surface area contributed by atoms with Crippen LogP contribution < -0.4 is 5.73 Å². The Bertz CT molecular complexity index is 191. The van der Waals surface area contributed by atoms with Crippen molar-refractivity contribution in [1.82, 2.24) is 9.80 Å². The number of rotatable bonds is 5. The lowest BCUT2D eigenvalue weighted by Crippen LogP contribution is -2.32. The summed E-state index contributed by atoms with van der Waals surface area (Å²) >= 11 is 0. The first-order chi connectivity index (χ1) is 6.59. The minimum Gasteiger partial charge on any atom is -0.388 e. The fraction of sp³-hybridized carbons (Fsp3) is 0.900. The van der Waals surface area contributed by atoms with Crippen LogP contribution in [0.1, 0.15) is 19.3 Å². The molecular formula is C10H22N4. The second kappa shape index (κ2) is 5.32. The number of likely N-dealkylation sites (tertiary alicyclic amines) is 1. The zero-order chi connectivity index (χ0) is 10.6. The van der Waals surface area contributed by atoms with Crippen LogP contribution in [0.2, 0.25) is 0 Å². The van der Waals surface area contributed by atoms with E-state index in [0.29, 0.717) is 11.9 Å². The Kier molecular flexibility index (Phi) is 4.35. The normalized spacial score (nSPS) is 23.2. The van der Waals surface area contributed by atoms with Crippen LogP contribution in [0, 0.1) is 5.41 Å². The number of hydrogen-bond donors (Lipinski definition) is 2. The largest absolute Gasteiger partial charge is 0.388 e. The van der Waals surface area contributed by atoms with Gasteiger partial charge in [0, 0.05) is 19.0 Å². The Morgan fingerprint density at radius 3 is 2.79 bits per heavy atom. The van der Waals surface area contributed by atoms with Crippen LogP contribution in [0.15, 0.2) is 0 Å². The van der Waals surface area contributed by atoms with Crippen molar-refractivity contribution >= 4 is 5.84 Å². The molecule has 0 aromatic carbocycles. The van der Waals surface area contributed by atoms with Gasteiger partial charge in [-0.2, -0.15) is 0 Å². The molecule has 4 heteroatoms. The van der Waals surface area contributed by atoms with E-state index < -0.39 is 0 Å². The van der Waals surface area contributed by atoms with Crippen LogP contribution in [0.3, 0.4) is 0 Å². The van der Waals surface area contributed by atoms with Gasteiger partial charge < -0.3 is 15.5 Å². The molecule has 0 spiro atoms. The van der Waals surface area contributed by atoms with Crippen molar-refractivity contribution < 1.29 is 0 Å². The third-order valence-corrected chi connectivity index (χ3v) is 2.90. The Hall–Kier alpha value is -0.610. The molecule has 1 atom stereocenters. The Balaban J connectivity index is 2.13. The molecule has 1 heterocycles. The average Bonchev–Trinajstić information content (AvgIpc) is 2.52. The lowest BCUT2D eigenvalue weighted by Gasteiger charge is -2.20. The minimum absolute atomic E-state index is 0.313. The predicted molar refractivity (Wildman–Crippen MR) is 59.7 cm³/mol. The quantitative estimate of drug-likeness (QED) is 0.495. The van der Waals surface area contributed by atoms with Gasteiger partial charge in [0.25, 0.3) is 0 Å². The first-order valence-corrected chi connectivity index (χ1v) is 5.31. The average molecular weight is 198 g/mol. The van der Waals surface area contributed by atoms with Gasteiger partial charge in [-0.15, -0.1) is 0 Å². The number of hydrogen-bond acceptors (Lipinski definition) is 3. The summed E-state index contributed by atoms with van der Waals surface area (Å²) in [4.78, 5) is 4.76. The van der Waals surface area contributed by atoms with Gasteiger partial charge in [0.2, 0.25) is 0 Å². The second-order valence-corrected chi connectivity index (χ2v) is 4.34. The standard InChI is InChI=1S/C10H22N4/c1-13(2)9-5-7-14(8-9)6-3-4-10(11)12/h9H,3-8H2,1-2H3,(H3,11,12). The summed E-state index contributed by atoms with van der Waals surface area (Å²) in [6.45, 7) is 3.45. The fourth-order valence-electron chi connectivity index (χ4n) is 1.93. The molecule has 1 rings (SSSR count). The van der Waals surface area contributed by atoms with Gasteiger partial charge in [0.05, 0.1) is 5.84 Å². The van der Waals surface area contributed by atoms with Crippen LogP contribution in [0.4, 0.5) is 0 Å². The van der Waals surface area contributed by atoms with Gasteiger partial charge in [0.1, 0.15) is 0 Å². The number of nitrogens with two attached hydrogens (primary N) is 1. The molecule has 0 amide bonds. The maximum atomic E-state index is 7.13. The highest BCUT2D eigenvalue weighted by atomic mass is 15.2. The van der Waals surface area contributed by atoms with Crippen molar-refractivity contribution in [3.8, 4) is 0 Å². The molecule has 1 aliphatic heterocycles. The Morgan fingerprint density at radius 2 is 2.29 bits per heavy atom. The molecule has 3 N–H and O–H groups in total. The third-order valence-electron chi connectivity index (χ3n) is 2.90. The summed E-state index contributed by atoms with van der Waals surface area (Å²) in [5.74, 6) is 0.313. The van der Waals surface area contributed by atoms with E-state index in [0.717, 1.165) is 19.4 Å². The fourth-order valence-corrected chi connectivity index (χ4v) is 1.93. The molecule has 82 valence electrons. The van der Waals surface area contributed by atoms with Gasteiger partial charge in [-0.05, 0) is 40.0 Å². The van der Waals surface area contributed by atoms with E-state index >= 15 is 0 Å². The van der Waals surface area contributed by atoms with E-state index in [9.17, 15) is 0 Å². The van der Waals surface area contributed by atoms with Gasteiger partial charge in [-0.1, -0.05) is 0 Å². The molecule has 0 aromatic rings. The van der Waals surface area contributed by atoms with E-state index in [2.05, 4.69) is 23.9 Å². The molecule has 1 fully saturated rings. The van der Waals surface area contributed by atoms with Crippen molar-refractivity contribution in [2.75, 3.05) is 33.7 Å². The predicted octanol–water partition coefficient (Wildman–Crippen LogP) is 0.338. The van der Waals surface area contributed by atoms with E-state index in [-0.39, 0.29) is 0 Å². The summed E-state index contributed by atoms with van der Waals surface area (Å²) in [6.07, 6.45) is 3.03. The first kappa shape index (κ1) is 11.5. The van der Waals surface area contributed by atoms with Crippen molar-refractivity contribution in [2.24, 2.45) is 5.73 Å². The van der Waals surface area contributed by atoms with E-state index in [1.807, 2.05) is 0 Å². The number of likely N-dealkylation sites (N-methyl/N-ethyl adjacent to an activating group) is 1. The van der Waals surface area contributed by atoms with Gasteiger partial charge in [0.15, 0.2) is 0 Å². The zero-order valence-electron chi connectivity index (χ0n) is 9.29. The van der Waals surface area contributed by atoms with Crippen molar-refractivity contribution in [3.05, 3.63) is 0 Å². The van der Waals surface area contributed by atoms with Crippen molar-refractivity contribution in [1.29, 1.82) is 5.41 Å².